The number of benzene rings is 1. The summed E-state index contributed by atoms with van der Waals surface area (Å²) in [4.78, 5) is 11.9. The number of oxime groups is 1. The van der Waals surface area contributed by atoms with Gasteiger partial charge in [-0.2, -0.15) is 0 Å². The van der Waals surface area contributed by atoms with Crippen molar-refractivity contribution >= 4 is 11.6 Å². The molecule has 1 aliphatic rings. The summed E-state index contributed by atoms with van der Waals surface area (Å²) in [6.07, 6.45) is 0.904. The minimum atomic E-state index is -0.556. The largest absolute Gasteiger partial charge is 0.481 e. The van der Waals surface area contributed by atoms with E-state index < -0.39 is 6.10 Å². The van der Waals surface area contributed by atoms with Crippen molar-refractivity contribution in [3.8, 4) is 5.75 Å². The van der Waals surface area contributed by atoms with E-state index in [0.717, 1.165) is 17.5 Å². The average molecular weight is 276 g/mol. The summed E-state index contributed by atoms with van der Waals surface area (Å²) >= 11 is 0. The molecule has 1 aromatic rings. The highest BCUT2D eigenvalue weighted by molar-refractivity contribution is 6.04. The van der Waals surface area contributed by atoms with E-state index in [9.17, 15) is 4.79 Å². The van der Waals surface area contributed by atoms with Crippen molar-refractivity contribution < 1.29 is 14.7 Å². The molecular weight excluding hydrogens is 256 g/mol. The molecular formula is C15H20N2O3. The minimum absolute atomic E-state index is 0.0863. The first kappa shape index (κ1) is 14.4. The van der Waals surface area contributed by atoms with Crippen LogP contribution in [0.25, 0.3) is 0 Å². The maximum atomic E-state index is 11.9. The summed E-state index contributed by atoms with van der Waals surface area (Å²) in [7, 11) is 0. The highest BCUT2D eigenvalue weighted by Gasteiger charge is 2.24. The highest BCUT2D eigenvalue weighted by Crippen LogP contribution is 2.31. The fourth-order valence-corrected chi connectivity index (χ4v) is 2.33. The van der Waals surface area contributed by atoms with Crippen LogP contribution in [-0.4, -0.2) is 29.0 Å². The Kier molecular flexibility index (Phi) is 4.27. The van der Waals surface area contributed by atoms with Crippen LogP contribution in [0.1, 0.15) is 38.3 Å². The molecule has 0 saturated heterocycles. The van der Waals surface area contributed by atoms with E-state index in [0.29, 0.717) is 17.9 Å². The lowest BCUT2D eigenvalue weighted by molar-refractivity contribution is -0.127. The molecule has 1 unspecified atom stereocenters. The quantitative estimate of drug-likeness (QED) is 0.653. The standard InChI is InChI=1S/C15H20N2O3/c1-9(2)16-15(18)10(3)20-14-6-4-5-11-12(14)7-8-13(11)17-19/h4-6,9-10,19H,7-8H2,1-3H3,(H,16,18). The van der Waals surface area contributed by atoms with Gasteiger partial charge in [0, 0.05) is 17.2 Å². The van der Waals surface area contributed by atoms with Gasteiger partial charge in [-0.25, -0.2) is 0 Å². The van der Waals surface area contributed by atoms with Gasteiger partial charge in [-0.05, 0) is 39.7 Å². The number of fused-ring (bicyclic) bond motifs is 1. The van der Waals surface area contributed by atoms with Gasteiger partial charge < -0.3 is 15.3 Å². The van der Waals surface area contributed by atoms with Gasteiger partial charge in [-0.1, -0.05) is 17.3 Å². The van der Waals surface area contributed by atoms with E-state index in [4.69, 9.17) is 9.94 Å². The van der Waals surface area contributed by atoms with E-state index in [1.165, 1.54) is 0 Å². The molecule has 1 aromatic carbocycles. The third-order valence-electron chi connectivity index (χ3n) is 3.28. The Balaban J connectivity index is 2.15. The fourth-order valence-electron chi connectivity index (χ4n) is 2.33. The van der Waals surface area contributed by atoms with Crippen LogP contribution in [0.3, 0.4) is 0 Å². The maximum Gasteiger partial charge on any atom is 0.260 e. The van der Waals surface area contributed by atoms with Crippen molar-refractivity contribution in [2.45, 2.75) is 45.8 Å². The number of carbonyl (C=O) groups excluding carboxylic acids is 1. The molecule has 2 N–H and O–H groups in total. The van der Waals surface area contributed by atoms with Crippen LogP contribution in [0.2, 0.25) is 0 Å². The summed E-state index contributed by atoms with van der Waals surface area (Å²) in [6, 6.07) is 5.68. The van der Waals surface area contributed by atoms with Crippen molar-refractivity contribution in [1.29, 1.82) is 0 Å². The van der Waals surface area contributed by atoms with Crippen LogP contribution in [0.5, 0.6) is 5.75 Å². The third-order valence-corrected chi connectivity index (χ3v) is 3.28. The van der Waals surface area contributed by atoms with E-state index in [1.54, 1.807) is 6.92 Å². The van der Waals surface area contributed by atoms with Crippen molar-refractivity contribution in [2.24, 2.45) is 5.16 Å². The summed E-state index contributed by atoms with van der Waals surface area (Å²) in [5, 5.41) is 15.1. The number of ether oxygens (including phenoxy) is 1. The van der Waals surface area contributed by atoms with Gasteiger partial charge in [-0.15, -0.1) is 0 Å². The summed E-state index contributed by atoms with van der Waals surface area (Å²) < 4.78 is 5.76. The smallest absolute Gasteiger partial charge is 0.260 e. The number of rotatable bonds is 4. The summed E-state index contributed by atoms with van der Waals surface area (Å²) in [5.41, 5.74) is 2.58. The third kappa shape index (κ3) is 2.92. The molecule has 0 fully saturated rings. The fraction of sp³-hybridized carbons (Fsp3) is 0.467. The molecule has 0 bridgehead atoms. The van der Waals surface area contributed by atoms with Gasteiger partial charge in [-0.3, -0.25) is 4.79 Å². The highest BCUT2D eigenvalue weighted by atomic mass is 16.5. The molecule has 5 nitrogen and oxygen atoms in total. The lowest BCUT2D eigenvalue weighted by Crippen LogP contribution is -2.40. The van der Waals surface area contributed by atoms with Crippen LogP contribution < -0.4 is 10.1 Å². The van der Waals surface area contributed by atoms with Crippen LogP contribution in [0.15, 0.2) is 23.4 Å². The predicted molar refractivity (Wildman–Crippen MR) is 76.5 cm³/mol. The molecule has 0 saturated carbocycles. The molecule has 0 aromatic heterocycles. The molecule has 5 heteroatoms. The Morgan fingerprint density at radius 3 is 2.75 bits per heavy atom. The zero-order chi connectivity index (χ0) is 14.7. The molecule has 1 amide bonds. The number of amides is 1. The van der Waals surface area contributed by atoms with Crippen LogP contribution >= 0.6 is 0 Å². The van der Waals surface area contributed by atoms with Gasteiger partial charge in [0.05, 0.1) is 5.71 Å². The van der Waals surface area contributed by atoms with E-state index in [-0.39, 0.29) is 11.9 Å². The molecule has 0 radical (unpaired) electrons. The summed E-state index contributed by atoms with van der Waals surface area (Å²) in [6.45, 7) is 5.55. The molecule has 0 aliphatic heterocycles. The topological polar surface area (TPSA) is 70.9 Å². The molecule has 0 spiro atoms. The van der Waals surface area contributed by atoms with E-state index in [2.05, 4.69) is 10.5 Å². The van der Waals surface area contributed by atoms with E-state index in [1.807, 2.05) is 32.0 Å². The Morgan fingerprint density at radius 1 is 1.35 bits per heavy atom. The van der Waals surface area contributed by atoms with Gasteiger partial charge in [0.25, 0.3) is 5.91 Å². The maximum absolute atomic E-state index is 11.9. The Hall–Kier alpha value is -2.04. The average Bonchev–Trinajstić information content (AvgIpc) is 2.82. The molecule has 1 aliphatic carbocycles. The van der Waals surface area contributed by atoms with Crippen molar-refractivity contribution in [3.05, 3.63) is 29.3 Å². The zero-order valence-corrected chi connectivity index (χ0v) is 12.0. The molecule has 108 valence electrons. The van der Waals surface area contributed by atoms with Crippen molar-refractivity contribution in [3.63, 3.8) is 0 Å². The van der Waals surface area contributed by atoms with Gasteiger partial charge in [0.1, 0.15) is 5.75 Å². The first-order chi connectivity index (χ1) is 9.52. The van der Waals surface area contributed by atoms with Crippen LogP contribution in [0.4, 0.5) is 0 Å². The first-order valence-corrected chi connectivity index (χ1v) is 6.83. The lowest BCUT2D eigenvalue weighted by atomic mass is 10.1. The lowest BCUT2D eigenvalue weighted by Gasteiger charge is -2.18. The van der Waals surface area contributed by atoms with Gasteiger partial charge >= 0.3 is 0 Å². The Bertz CT molecular complexity index is 538. The van der Waals surface area contributed by atoms with Crippen LogP contribution in [-0.2, 0) is 11.2 Å². The van der Waals surface area contributed by atoms with Crippen molar-refractivity contribution in [1.82, 2.24) is 5.32 Å². The molecule has 0 heterocycles. The number of hydrogen-bond donors (Lipinski definition) is 2. The second-order valence-electron chi connectivity index (χ2n) is 5.25. The van der Waals surface area contributed by atoms with Crippen LogP contribution in [0, 0.1) is 0 Å². The Morgan fingerprint density at radius 2 is 2.10 bits per heavy atom. The molecule has 2 rings (SSSR count). The number of nitrogens with one attached hydrogen (secondary N) is 1. The first-order valence-electron chi connectivity index (χ1n) is 6.83. The minimum Gasteiger partial charge on any atom is -0.481 e. The normalized spacial score (nSPS) is 17.1. The summed E-state index contributed by atoms with van der Waals surface area (Å²) in [5.74, 6) is 0.555. The molecule has 1 atom stereocenters. The second kappa shape index (κ2) is 5.94. The number of carbonyl (C=O) groups is 1. The van der Waals surface area contributed by atoms with E-state index >= 15 is 0 Å². The monoisotopic (exact) mass is 276 g/mol. The SMILES string of the molecule is CC(C)NC(=O)C(C)Oc1cccc2c1CCC2=NO. The second-order valence-corrected chi connectivity index (χ2v) is 5.25. The number of nitrogens with zero attached hydrogens (tertiary/aromatic N) is 1. The predicted octanol–water partition coefficient (Wildman–Crippen LogP) is 2.10. The van der Waals surface area contributed by atoms with Crippen molar-refractivity contribution in [2.75, 3.05) is 0 Å². The van der Waals surface area contributed by atoms with Gasteiger partial charge in [0.15, 0.2) is 6.10 Å². The zero-order valence-electron chi connectivity index (χ0n) is 12.0. The Labute approximate surface area is 118 Å². The number of hydrogen-bond acceptors (Lipinski definition) is 4. The molecule has 20 heavy (non-hydrogen) atoms. The van der Waals surface area contributed by atoms with Gasteiger partial charge in [0.2, 0.25) is 0 Å².